The summed E-state index contributed by atoms with van der Waals surface area (Å²) in [5, 5.41) is 0. The Morgan fingerprint density at radius 2 is 2.00 bits per heavy atom. The van der Waals surface area contributed by atoms with E-state index in [-0.39, 0.29) is 5.82 Å². The summed E-state index contributed by atoms with van der Waals surface area (Å²) in [6, 6.07) is 4.09. The molecule has 0 amide bonds. The number of hydrogen-bond donors (Lipinski definition) is 1. The predicted molar refractivity (Wildman–Crippen MR) is 58.4 cm³/mol. The topological polar surface area (TPSA) is 61.0 Å². The molecule has 1 heterocycles. The van der Waals surface area contributed by atoms with E-state index in [1.54, 1.807) is 0 Å². The van der Waals surface area contributed by atoms with Gasteiger partial charge in [0.1, 0.15) is 11.5 Å². The van der Waals surface area contributed by atoms with Crippen LogP contribution in [-0.2, 0) is 0 Å². The Labute approximate surface area is 91.9 Å². The fourth-order valence-corrected chi connectivity index (χ4v) is 1.39. The van der Waals surface area contributed by atoms with Crippen LogP contribution in [0.2, 0.25) is 0 Å². The lowest BCUT2D eigenvalue weighted by Crippen LogP contribution is -1.97. The molecular weight excluding hydrogens is 209 g/mol. The SMILES string of the molecule is COc1nccnc1-c1cc(F)ccc1N. The summed E-state index contributed by atoms with van der Waals surface area (Å²) in [6.07, 6.45) is 3.00. The average molecular weight is 219 g/mol. The molecule has 2 N–H and O–H groups in total. The van der Waals surface area contributed by atoms with Crippen LogP contribution in [0.5, 0.6) is 5.88 Å². The molecule has 5 heteroatoms. The molecular formula is C11H10FN3O. The lowest BCUT2D eigenvalue weighted by Gasteiger charge is -2.08. The Bertz CT molecular complexity index is 516. The molecule has 0 atom stereocenters. The summed E-state index contributed by atoms with van der Waals surface area (Å²) in [7, 11) is 1.48. The maximum absolute atomic E-state index is 13.1. The summed E-state index contributed by atoms with van der Waals surface area (Å²) in [5.41, 5.74) is 7.10. The first-order chi connectivity index (χ1) is 7.72. The molecule has 0 saturated carbocycles. The second-order valence-corrected chi connectivity index (χ2v) is 3.15. The predicted octanol–water partition coefficient (Wildman–Crippen LogP) is 1.87. The molecule has 0 bridgehead atoms. The van der Waals surface area contributed by atoms with Crippen LogP contribution in [-0.4, -0.2) is 17.1 Å². The van der Waals surface area contributed by atoms with Crippen molar-refractivity contribution < 1.29 is 9.13 Å². The van der Waals surface area contributed by atoms with Crippen LogP contribution in [0.25, 0.3) is 11.3 Å². The van der Waals surface area contributed by atoms with Crippen molar-refractivity contribution in [1.29, 1.82) is 0 Å². The van der Waals surface area contributed by atoms with Crippen LogP contribution >= 0.6 is 0 Å². The third-order valence-electron chi connectivity index (χ3n) is 2.13. The lowest BCUT2D eigenvalue weighted by molar-refractivity contribution is 0.398. The van der Waals surface area contributed by atoms with Gasteiger partial charge in [-0.1, -0.05) is 0 Å². The van der Waals surface area contributed by atoms with E-state index in [4.69, 9.17) is 10.5 Å². The van der Waals surface area contributed by atoms with Crippen LogP contribution in [0.15, 0.2) is 30.6 Å². The average Bonchev–Trinajstić information content (AvgIpc) is 2.32. The smallest absolute Gasteiger partial charge is 0.240 e. The molecule has 0 aliphatic carbocycles. The van der Waals surface area contributed by atoms with Crippen molar-refractivity contribution >= 4 is 5.69 Å². The van der Waals surface area contributed by atoms with Crippen molar-refractivity contribution in [3.05, 3.63) is 36.4 Å². The highest BCUT2D eigenvalue weighted by molar-refractivity contribution is 5.76. The van der Waals surface area contributed by atoms with Crippen molar-refractivity contribution in [1.82, 2.24) is 9.97 Å². The van der Waals surface area contributed by atoms with Crippen molar-refractivity contribution in [2.75, 3.05) is 12.8 Å². The molecule has 4 nitrogen and oxygen atoms in total. The van der Waals surface area contributed by atoms with E-state index in [1.165, 1.54) is 37.7 Å². The number of ether oxygens (including phenoxy) is 1. The number of nitrogens with zero attached hydrogens (tertiary/aromatic N) is 2. The van der Waals surface area contributed by atoms with Crippen molar-refractivity contribution in [3.8, 4) is 17.1 Å². The van der Waals surface area contributed by atoms with E-state index in [2.05, 4.69) is 9.97 Å². The summed E-state index contributed by atoms with van der Waals surface area (Å²) < 4.78 is 18.2. The fraction of sp³-hybridized carbons (Fsp3) is 0.0909. The first-order valence-electron chi connectivity index (χ1n) is 4.63. The Morgan fingerprint density at radius 1 is 1.25 bits per heavy atom. The van der Waals surface area contributed by atoms with E-state index in [9.17, 15) is 4.39 Å². The zero-order chi connectivity index (χ0) is 11.5. The fourth-order valence-electron chi connectivity index (χ4n) is 1.39. The molecule has 2 aromatic rings. The summed E-state index contributed by atoms with van der Waals surface area (Å²) in [4.78, 5) is 8.07. The zero-order valence-corrected chi connectivity index (χ0v) is 8.64. The molecule has 82 valence electrons. The maximum atomic E-state index is 13.1. The van der Waals surface area contributed by atoms with Crippen LogP contribution in [0.1, 0.15) is 0 Å². The molecule has 0 aliphatic heterocycles. The van der Waals surface area contributed by atoms with Gasteiger partial charge in [-0.25, -0.2) is 14.4 Å². The normalized spacial score (nSPS) is 10.1. The highest BCUT2D eigenvalue weighted by Crippen LogP contribution is 2.30. The molecule has 1 aromatic carbocycles. The highest BCUT2D eigenvalue weighted by atomic mass is 19.1. The number of halogens is 1. The number of rotatable bonds is 2. The highest BCUT2D eigenvalue weighted by Gasteiger charge is 2.11. The first kappa shape index (κ1) is 10.4. The van der Waals surface area contributed by atoms with E-state index >= 15 is 0 Å². The Hall–Kier alpha value is -2.17. The summed E-state index contributed by atoms with van der Waals surface area (Å²) in [5.74, 6) is -0.0586. The largest absolute Gasteiger partial charge is 0.479 e. The quantitative estimate of drug-likeness (QED) is 0.783. The monoisotopic (exact) mass is 219 g/mol. The van der Waals surface area contributed by atoms with Gasteiger partial charge in [0.25, 0.3) is 0 Å². The van der Waals surface area contributed by atoms with Crippen molar-refractivity contribution in [2.24, 2.45) is 0 Å². The number of benzene rings is 1. The standard InChI is InChI=1S/C11H10FN3O/c1-16-11-10(14-4-5-15-11)8-6-7(12)2-3-9(8)13/h2-6H,13H2,1H3. The van der Waals surface area contributed by atoms with Gasteiger partial charge in [-0.3, -0.25) is 0 Å². The maximum Gasteiger partial charge on any atom is 0.240 e. The second-order valence-electron chi connectivity index (χ2n) is 3.15. The molecule has 16 heavy (non-hydrogen) atoms. The lowest BCUT2D eigenvalue weighted by atomic mass is 10.1. The molecule has 1 aromatic heterocycles. The van der Waals surface area contributed by atoms with Gasteiger partial charge in [-0.05, 0) is 18.2 Å². The second kappa shape index (κ2) is 4.14. The first-order valence-corrected chi connectivity index (χ1v) is 4.63. The Balaban J connectivity index is 2.62. The Morgan fingerprint density at radius 3 is 2.75 bits per heavy atom. The Kier molecular flexibility index (Phi) is 2.68. The summed E-state index contributed by atoms with van der Waals surface area (Å²) in [6.45, 7) is 0. The molecule has 0 aliphatic rings. The van der Waals surface area contributed by atoms with Crippen LogP contribution < -0.4 is 10.5 Å². The number of methoxy groups -OCH3 is 1. The number of aromatic nitrogens is 2. The molecule has 2 rings (SSSR count). The molecule has 0 spiro atoms. The van der Waals surface area contributed by atoms with Gasteiger partial charge in [0, 0.05) is 23.6 Å². The number of nitrogens with two attached hydrogens (primary N) is 1. The third kappa shape index (κ3) is 1.79. The minimum Gasteiger partial charge on any atom is -0.479 e. The summed E-state index contributed by atoms with van der Waals surface area (Å²) >= 11 is 0. The van der Waals surface area contributed by atoms with Crippen molar-refractivity contribution in [2.45, 2.75) is 0 Å². The van der Waals surface area contributed by atoms with Crippen LogP contribution in [0, 0.1) is 5.82 Å². The van der Waals surface area contributed by atoms with E-state index in [1.807, 2.05) is 0 Å². The number of anilines is 1. The van der Waals surface area contributed by atoms with E-state index in [0.29, 0.717) is 22.8 Å². The van der Waals surface area contributed by atoms with Gasteiger partial charge in [-0.2, -0.15) is 0 Å². The van der Waals surface area contributed by atoms with Gasteiger partial charge in [0.2, 0.25) is 5.88 Å². The zero-order valence-electron chi connectivity index (χ0n) is 8.64. The van der Waals surface area contributed by atoms with Crippen molar-refractivity contribution in [3.63, 3.8) is 0 Å². The molecule has 0 fully saturated rings. The molecule has 0 unspecified atom stereocenters. The number of nitrogen functional groups attached to an aromatic ring is 1. The van der Waals surface area contributed by atoms with Gasteiger partial charge < -0.3 is 10.5 Å². The van der Waals surface area contributed by atoms with Gasteiger partial charge in [0.15, 0.2) is 0 Å². The van der Waals surface area contributed by atoms with E-state index in [0.717, 1.165) is 0 Å². The third-order valence-corrected chi connectivity index (χ3v) is 2.13. The minimum absolute atomic E-state index is 0.319. The van der Waals surface area contributed by atoms with Gasteiger partial charge in [-0.15, -0.1) is 0 Å². The minimum atomic E-state index is -0.378. The van der Waals surface area contributed by atoms with Gasteiger partial charge in [0.05, 0.1) is 7.11 Å². The molecule has 0 radical (unpaired) electrons. The number of hydrogen-bond acceptors (Lipinski definition) is 4. The van der Waals surface area contributed by atoms with Crippen LogP contribution in [0.3, 0.4) is 0 Å². The molecule has 0 saturated heterocycles. The van der Waals surface area contributed by atoms with Gasteiger partial charge >= 0.3 is 0 Å². The van der Waals surface area contributed by atoms with Crippen LogP contribution in [0.4, 0.5) is 10.1 Å². The van der Waals surface area contributed by atoms with E-state index < -0.39 is 0 Å².